The van der Waals surface area contributed by atoms with Crippen LogP contribution in [0.3, 0.4) is 0 Å². The third kappa shape index (κ3) is 15.7. The van der Waals surface area contributed by atoms with Crippen LogP contribution in [0.1, 0.15) is 29.5 Å². The van der Waals surface area contributed by atoms with Gasteiger partial charge >= 0.3 is 24.1 Å². The van der Waals surface area contributed by atoms with E-state index in [1.54, 1.807) is 65.4 Å². The van der Waals surface area contributed by atoms with Crippen molar-refractivity contribution in [2.75, 3.05) is 26.7 Å². The van der Waals surface area contributed by atoms with Gasteiger partial charge in [-0.3, -0.25) is 30.2 Å². The maximum atomic E-state index is 12.8. The molecule has 0 saturated heterocycles. The zero-order valence-electron chi connectivity index (χ0n) is 27.7. The van der Waals surface area contributed by atoms with Crippen molar-refractivity contribution in [2.45, 2.75) is 38.5 Å². The number of nitrogens with one attached hydrogen (secondary N) is 5. The summed E-state index contributed by atoms with van der Waals surface area (Å²) in [7, 11) is 1.14. The Morgan fingerprint density at radius 1 is 0.804 bits per heavy atom. The molecule has 1 atom stereocenters. The van der Waals surface area contributed by atoms with E-state index >= 15 is 0 Å². The predicted molar refractivity (Wildman–Crippen MR) is 184 cm³/mol. The van der Waals surface area contributed by atoms with E-state index in [9.17, 15) is 33.9 Å². The van der Waals surface area contributed by atoms with Crippen LogP contribution in [-0.2, 0) is 53.0 Å². The molecule has 0 aliphatic carbocycles. The molecular formula is C33H39N7O10S. The number of rotatable bonds is 16. The van der Waals surface area contributed by atoms with Gasteiger partial charge in [0.1, 0.15) is 32.3 Å². The fourth-order valence-corrected chi connectivity index (χ4v) is 4.88. The molecule has 51 heavy (non-hydrogen) atoms. The van der Waals surface area contributed by atoms with Gasteiger partial charge in [-0.1, -0.05) is 60.7 Å². The van der Waals surface area contributed by atoms with Crippen LogP contribution in [0, 0.1) is 0 Å². The zero-order chi connectivity index (χ0) is 36.8. The number of methoxy groups -OCH3 is 1. The molecule has 0 aliphatic rings. The van der Waals surface area contributed by atoms with Gasteiger partial charge in [0.2, 0.25) is 17.8 Å². The van der Waals surface area contributed by atoms with Gasteiger partial charge in [-0.25, -0.2) is 25.2 Å². The molecule has 1 aromatic heterocycles. The van der Waals surface area contributed by atoms with Crippen LogP contribution in [0.25, 0.3) is 0 Å². The highest BCUT2D eigenvalue weighted by atomic mass is 32.1. The molecule has 0 saturated carbocycles. The predicted octanol–water partition coefficient (Wildman–Crippen LogP) is 1.86. The lowest BCUT2D eigenvalue weighted by Crippen LogP contribution is -2.53. The smallest absolute Gasteiger partial charge is 0.426 e. The van der Waals surface area contributed by atoms with E-state index in [-0.39, 0.29) is 45.0 Å². The molecule has 18 heteroatoms. The molecule has 0 bridgehead atoms. The van der Waals surface area contributed by atoms with Crippen molar-refractivity contribution in [3.8, 4) is 0 Å². The molecule has 17 nitrogen and oxygen atoms in total. The first kappa shape index (κ1) is 39.3. The summed E-state index contributed by atoms with van der Waals surface area (Å²) >= 11 is 1.37. The normalized spacial score (nSPS) is 10.8. The summed E-state index contributed by atoms with van der Waals surface area (Å²) in [6, 6.07) is 18.5. The number of nitrogens with zero attached hydrogens (tertiary/aromatic N) is 2. The number of guanidine groups is 1. The number of esters is 1. The number of hydrogen-bond donors (Lipinski definition) is 6. The molecule has 0 fully saturated rings. The fraction of sp³-hybridized carbons (Fsp3) is 0.303. The Labute approximate surface area is 297 Å². The average molecular weight is 726 g/mol. The van der Waals surface area contributed by atoms with Crippen molar-refractivity contribution in [2.24, 2.45) is 4.99 Å². The van der Waals surface area contributed by atoms with Gasteiger partial charge in [0, 0.05) is 6.54 Å². The number of hydrazine groups is 2. The summed E-state index contributed by atoms with van der Waals surface area (Å²) < 4.78 is 15.1. The monoisotopic (exact) mass is 725 g/mol. The Morgan fingerprint density at radius 3 is 1.90 bits per heavy atom. The number of carboxylic acid groups (broad SMARTS) is 1. The standard InChI is InChI=1S/C33H39N7O10S/c1-48-30(45)26(35-27(41)18-40(19-29(43)44)28(42)17-25-14-16-51-22-25)13-8-15-34-31(36-38-32(46)49-20-23-9-4-2-5-10-23)37-39-33(47)50-21-24-11-6-3-7-12-24/h2-7,9-12,14,16,22,26H,8,13,15,17-21H2,1H3,(H,35,41)(H,38,46)(H,39,47)(H,43,44)(H2,34,36,37)/t26-/m0/s1. The van der Waals surface area contributed by atoms with E-state index < -0.39 is 55.1 Å². The number of hydrogen-bond acceptors (Lipinski definition) is 11. The summed E-state index contributed by atoms with van der Waals surface area (Å²) in [6.45, 7) is -1.31. The van der Waals surface area contributed by atoms with Gasteiger partial charge in [-0.2, -0.15) is 11.3 Å². The second-order valence-electron chi connectivity index (χ2n) is 10.6. The molecule has 0 radical (unpaired) electrons. The third-order valence-electron chi connectivity index (χ3n) is 6.68. The van der Waals surface area contributed by atoms with Gasteiger partial charge in [0.25, 0.3) is 0 Å². The van der Waals surface area contributed by atoms with Crippen molar-refractivity contribution in [1.82, 2.24) is 31.9 Å². The van der Waals surface area contributed by atoms with E-state index in [2.05, 4.69) is 32.0 Å². The number of aliphatic carboxylic acids is 1. The second kappa shape index (κ2) is 21.7. The van der Waals surface area contributed by atoms with Crippen LogP contribution in [-0.4, -0.2) is 84.7 Å². The molecule has 3 aromatic rings. The Bertz CT molecular complexity index is 1550. The number of carbonyl (C=O) groups excluding carboxylic acids is 5. The molecule has 2 aromatic carbocycles. The summed E-state index contributed by atoms with van der Waals surface area (Å²) in [4.78, 5) is 79.1. The lowest BCUT2D eigenvalue weighted by Gasteiger charge is -2.22. The van der Waals surface area contributed by atoms with Crippen LogP contribution in [0.5, 0.6) is 0 Å². The maximum absolute atomic E-state index is 12.8. The number of carbonyl (C=O) groups is 6. The Hall–Kier alpha value is -6.17. The first-order chi connectivity index (χ1) is 24.6. The van der Waals surface area contributed by atoms with Crippen molar-refractivity contribution in [1.29, 1.82) is 0 Å². The zero-order valence-corrected chi connectivity index (χ0v) is 28.5. The molecule has 4 amide bonds. The average Bonchev–Trinajstić information content (AvgIpc) is 3.64. The first-order valence-electron chi connectivity index (χ1n) is 15.5. The molecule has 0 aliphatic heterocycles. The van der Waals surface area contributed by atoms with E-state index in [1.807, 2.05) is 12.1 Å². The summed E-state index contributed by atoms with van der Waals surface area (Å²) in [5.41, 5.74) is 11.8. The highest BCUT2D eigenvalue weighted by molar-refractivity contribution is 7.08. The minimum Gasteiger partial charge on any atom is -0.480 e. The third-order valence-corrected chi connectivity index (χ3v) is 7.41. The number of benzene rings is 2. The second-order valence-corrected chi connectivity index (χ2v) is 11.4. The number of aliphatic imine (C=N–C) groups is 1. The van der Waals surface area contributed by atoms with E-state index in [0.717, 1.165) is 23.1 Å². The molecule has 3 rings (SSSR count). The van der Waals surface area contributed by atoms with E-state index in [0.29, 0.717) is 5.56 Å². The van der Waals surface area contributed by atoms with Gasteiger partial charge in [-0.15, -0.1) is 0 Å². The lowest BCUT2D eigenvalue weighted by molar-refractivity contribution is -0.148. The van der Waals surface area contributed by atoms with Crippen LogP contribution >= 0.6 is 11.3 Å². The number of thiophene rings is 1. The maximum Gasteiger partial charge on any atom is 0.426 e. The van der Waals surface area contributed by atoms with Crippen molar-refractivity contribution in [3.05, 3.63) is 94.2 Å². The largest absolute Gasteiger partial charge is 0.480 e. The quantitative estimate of drug-likeness (QED) is 0.0311. The number of ether oxygens (including phenoxy) is 3. The number of amides is 4. The Morgan fingerprint density at radius 2 is 1.39 bits per heavy atom. The van der Waals surface area contributed by atoms with Crippen LogP contribution in [0.15, 0.2) is 82.5 Å². The number of carboxylic acids is 1. The molecule has 0 spiro atoms. The molecule has 272 valence electrons. The van der Waals surface area contributed by atoms with Crippen LogP contribution < -0.4 is 27.0 Å². The van der Waals surface area contributed by atoms with Crippen molar-refractivity contribution in [3.63, 3.8) is 0 Å². The van der Waals surface area contributed by atoms with E-state index in [4.69, 9.17) is 14.2 Å². The summed E-state index contributed by atoms with van der Waals surface area (Å²) in [5.74, 6) is -3.55. The van der Waals surface area contributed by atoms with Gasteiger partial charge in [0.15, 0.2) is 0 Å². The summed E-state index contributed by atoms with van der Waals surface area (Å²) in [5, 5.41) is 15.3. The molecular weight excluding hydrogens is 686 g/mol. The van der Waals surface area contributed by atoms with Gasteiger partial charge in [0.05, 0.1) is 13.5 Å². The van der Waals surface area contributed by atoms with Crippen LogP contribution in [0.2, 0.25) is 0 Å². The summed E-state index contributed by atoms with van der Waals surface area (Å²) in [6.07, 6.45) is -1.58. The minimum atomic E-state index is -1.31. The highest BCUT2D eigenvalue weighted by Crippen LogP contribution is 2.09. The fourth-order valence-electron chi connectivity index (χ4n) is 4.22. The van der Waals surface area contributed by atoms with Crippen LogP contribution in [0.4, 0.5) is 9.59 Å². The van der Waals surface area contributed by atoms with Gasteiger partial charge in [-0.05, 0) is 46.4 Å². The Balaban J connectivity index is 1.56. The van der Waals surface area contributed by atoms with Gasteiger partial charge < -0.3 is 29.5 Å². The SMILES string of the molecule is COC(=O)[C@H](CCCN=C(NNC(=O)OCc1ccccc1)NNC(=O)OCc1ccccc1)NC(=O)CN(CC(=O)O)C(=O)Cc1ccsc1. The topological polar surface area (TPSA) is 226 Å². The van der Waals surface area contributed by atoms with Crippen molar-refractivity contribution >= 4 is 53.2 Å². The highest BCUT2D eigenvalue weighted by Gasteiger charge is 2.25. The minimum absolute atomic E-state index is 0.00419. The van der Waals surface area contributed by atoms with E-state index in [1.165, 1.54) is 11.3 Å². The Kier molecular flexibility index (Phi) is 16.7. The molecule has 1 heterocycles. The molecule has 0 unspecified atom stereocenters. The lowest BCUT2D eigenvalue weighted by atomic mass is 10.1. The van der Waals surface area contributed by atoms with Crippen molar-refractivity contribution < 1.29 is 48.1 Å². The molecule has 6 N–H and O–H groups in total. The first-order valence-corrected chi connectivity index (χ1v) is 16.4.